The molecule has 0 aliphatic carbocycles. The second-order valence-electron chi connectivity index (χ2n) is 6.22. The fraction of sp³-hybridized carbons (Fsp3) is 0.143. The Balaban J connectivity index is 1.57. The van der Waals surface area contributed by atoms with Crippen LogP contribution in [-0.2, 0) is 4.79 Å². The molecule has 7 heteroatoms. The summed E-state index contributed by atoms with van der Waals surface area (Å²) in [6.07, 6.45) is 1.43. The summed E-state index contributed by atoms with van der Waals surface area (Å²) in [4.78, 5) is 24.2. The third kappa shape index (κ3) is 4.92. The van der Waals surface area contributed by atoms with Crippen molar-refractivity contribution in [1.82, 2.24) is 0 Å². The summed E-state index contributed by atoms with van der Waals surface area (Å²) >= 11 is 6.13. The van der Waals surface area contributed by atoms with Gasteiger partial charge < -0.3 is 19.8 Å². The molecule has 3 rings (SSSR count). The molecule has 144 valence electrons. The molecule has 1 aromatic heterocycles. The summed E-state index contributed by atoms with van der Waals surface area (Å²) in [6.45, 7) is 3.61. The Morgan fingerprint density at radius 1 is 1.00 bits per heavy atom. The lowest BCUT2D eigenvalue weighted by molar-refractivity contribution is -0.118. The quantitative estimate of drug-likeness (QED) is 0.623. The van der Waals surface area contributed by atoms with Gasteiger partial charge in [0.25, 0.3) is 11.8 Å². The predicted octanol–water partition coefficient (Wildman–Crippen LogP) is 4.82. The van der Waals surface area contributed by atoms with Gasteiger partial charge in [0.2, 0.25) is 0 Å². The van der Waals surface area contributed by atoms with Gasteiger partial charge in [-0.25, -0.2) is 0 Å². The van der Waals surface area contributed by atoms with Gasteiger partial charge in [-0.05, 0) is 67.4 Å². The summed E-state index contributed by atoms with van der Waals surface area (Å²) in [7, 11) is 0. The molecule has 0 aliphatic heterocycles. The molecule has 2 amide bonds. The number of amides is 2. The van der Waals surface area contributed by atoms with E-state index in [1.807, 2.05) is 13.8 Å². The first kappa shape index (κ1) is 19.5. The summed E-state index contributed by atoms with van der Waals surface area (Å²) in [5, 5.41) is 6.13. The molecule has 0 fully saturated rings. The van der Waals surface area contributed by atoms with E-state index in [0.29, 0.717) is 22.1 Å². The maximum Gasteiger partial charge on any atom is 0.291 e. The van der Waals surface area contributed by atoms with Gasteiger partial charge in [-0.15, -0.1) is 0 Å². The number of nitrogens with one attached hydrogen (secondary N) is 2. The normalized spacial score (nSPS) is 10.4. The van der Waals surface area contributed by atoms with Gasteiger partial charge in [-0.1, -0.05) is 17.7 Å². The van der Waals surface area contributed by atoms with Crippen LogP contribution in [0.25, 0.3) is 0 Å². The third-order valence-electron chi connectivity index (χ3n) is 3.93. The van der Waals surface area contributed by atoms with E-state index in [4.69, 9.17) is 20.8 Å². The average Bonchev–Trinajstić information content (AvgIpc) is 3.19. The molecule has 0 spiro atoms. The number of hydrogen-bond donors (Lipinski definition) is 2. The van der Waals surface area contributed by atoms with Crippen molar-refractivity contribution in [2.24, 2.45) is 0 Å². The van der Waals surface area contributed by atoms with Crippen molar-refractivity contribution in [3.63, 3.8) is 0 Å². The monoisotopic (exact) mass is 398 g/mol. The first-order chi connectivity index (χ1) is 13.4. The lowest BCUT2D eigenvalue weighted by Gasteiger charge is -2.11. The zero-order valence-electron chi connectivity index (χ0n) is 15.4. The minimum Gasteiger partial charge on any atom is -0.484 e. The van der Waals surface area contributed by atoms with E-state index < -0.39 is 0 Å². The van der Waals surface area contributed by atoms with Gasteiger partial charge in [0.1, 0.15) is 5.75 Å². The van der Waals surface area contributed by atoms with Crippen LogP contribution < -0.4 is 15.4 Å². The number of carbonyl (C=O) groups excluding carboxylic acids is 2. The molecule has 2 N–H and O–H groups in total. The van der Waals surface area contributed by atoms with E-state index in [-0.39, 0.29) is 24.2 Å². The largest absolute Gasteiger partial charge is 0.484 e. The molecule has 0 atom stereocenters. The molecule has 28 heavy (non-hydrogen) atoms. The van der Waals surface area contributed by atoms with Crippen LogP contribution >= 0.6 is 11.6 Å². The van der Waals surface area contributed by atoms with Crippen molar-refractivity contribution in [2.75, 3.05) is 17.2 Å². The first-order valence-electron chi connectivity index (χ1n) is 8.56. The van der Waals surface area contributed by atoms with E-state index in [0.717, 1.165) is 11.1 Å². The van der Waals surface area contributed by atoms with E-state index in [9.17, 15) is 9.59 Å². The number of rotatable bonds is 6. The fourth-order valence-electron chi connectivity index (χ4n) is 2.61. The SMILES string of the molecule is Cc1cc(OCC(=O)Nc2cccc(NC(=O)c3ccco3)c2)cc(C)c1Cl. The first-order valence-corrected chi connectivity index (χ1v) is 8.94. The number of benzene rings is 2. The van der Waals surface area contributed by atoms with Crippen LogP contribution in [0.15, 0.2) is 59.2 Å². The topological polar surface area (TPSA) is 80.6 Å². The van der Waals surface area contributed by atoms with Crippen molar-refractivity contribution in [3.8, 4) is 5.75 Å². The second kappa shape index (κ2) is 8.63. The maximum absolute atomic E-state index is 12.2. The molecular weight excluding hydrogens is 380 g/mol. The van der Waals surface area contributed by atoms with E-state index in [2.05, 4.69) is 10.6 Å². The lowest BCUT2D eigenvalue weighted by Crippen LogP contribution is -2.20. The summed E-state index contributed by atoms with van der Waals surface area (Å²) in [5.41, 5.74) is 2.84. The van der Waals surface area contributed by atoms with Crippen molar-refractivity contribution >= 4 is 34.8 Å². The number of anilines is 2. The Bertz CT molecular complexity index is 976. The highest BCUT2D eigenvalue weighted by molar-refractivity contribution is 6.32. The van der Waals surface area contributed by atoms with Crippen LogP contribution in [0, 0.1) is 13.8 Å². The average molecular weight is 399 g/mol. The molecule has 0 saturated heterocycles. The van der Waals surface area contributed by atoms with Crippen LogP contribution in [0.4, 0.5) is 11.4 Å². The highest BCUT2D eigenvalue weighted by Gasteiger charge is 2.10. The van der Waals surface area contributed by atoms with E-state index in [1.54, 1.807) is 48.5 Å². The number of halogens is 1. The van der Waals surface area contributed by atoms with Crippen LogP contribution in [0.2, 0.25) is 5.02 Å². The lowest BCUT2D eigenvalue weighted by atomic mass is 10.1. The van der Waals surface area contributed by atoms with Crippen LogP contribution in [0.3, 0.4) is 0 Å². The number of ether oxygens (including phenoxy) is 1. The maximum atomic E-state index is 12.2. The van der Waals surface area contributed by atoms with Gasteiger partial charge in [-0.3, -0.25) is 9.59 Å². The highest BCUT2D eigenvalue weighted by atomic mass is 35.5. The molecule has 0 aliphatic rings. The van der Waals surface area contributed by atoms with Crippen molar-refractivity contribution in [2.45, 2.75) is 13.8 Å². The van der Waals surface area contributed by atoms with E-state index in [1.165, 1.54) is 6.26 Å². The summed E-state index contributed by atoms with van der Waals surface area (Å²) in [6, 6.07) is 13.6. The van der Waals surface area contributed by atoms with Crippen molar-refractivity contribution < 1.29 is 18.7 Å². The summed E-state index contributed by atoms with van der Waals surface area (Å²) < 4.78 is 10.6. The van der Waals surface area contributed by atoms with Crippen molar-refractivity contribution in [3.05, 3.63) is 76.7 Å². The van der Waals surface area contributed by atoms with E-state index >= 15 is 0 Å². The smallest absolute Gasteiger partial charge is 0.291 e. The Morgan fingerprint density at radius 3 is 2.32 bits per heavy atom. The molecule has 3 aromatic rings. The van der Waals surface area contributed by atoms with Crippen LogP contribution in [0.1, 0.15) is 21.7 Å². The van der Waals surface area contributed by atoms with Crippen LogP contribution in [0.5, 0.6) is 5.75 Å². The molecule has 0 bridgehead atoms. The fourth-order valence-corrected chi connectivity index (χ4v) is 2.72. The number of furan rings is 1. The Kier molecular flexibility index (Phi) is 6.01. The van der Waals surface area contributed by atoms with Gasteiger partial charge >= 0.3 is 0 Å². The van der Waals surface area contributed by atoms with Crippen LogP contribution in [-0.4, -0.2) is 18.4 Å². The zero-order chi connectivity index (χ0) is 20.1. The van der Waals surface area contributed by atoms with Crippen molar-refractivity contribution in [1.29, 1.82) is 0 Å². The van der Waals surface area contributed by atoms with Gasteiger partial charge in [-0.2, -0.15) is 0 Å². The molecule has 6 nitrogen and oxygen atoms in total. The molecule has 2 aromatic carbocycles. The number of hydrogen-bond acceptors (Lipinski definition) is 4. The van der Waals surface area contributed by atoms with Gasteiger partial charge in [0.15, 0.2) is 12.4 Å². The molecule has 0 unspecified atom stereocenters. The number of carbonyl (C=O) groups is 2. The molecule has 1 heterocycles. The summed E-state index contributed by atoms with van der Waals surface area (Å²) in [5.74, 6) is 0.0930. The standard InChI is InChI=1S/C21H19ClN2O4/c1-13-9-17(10-14(2)20(13)22)28-12-19(25)23-15-5-3-6-16(11-15)24-21(26)18-7-4-8-27-18/h3-11H,12H2,1-2H3,(H,23,25)(H,24,26). The predicted molar refractivity (Wildman–Crippen MR) is 108 cm³/mol. The molecule has 0 radical (unpaired) electrons. The zero-order valence-corrected chi connectivity index (χ0v) is 16.2. The minimum atomic E-state index is -0.370. The highest BCUT2D eigenvalue weighted by Crippen LogP contribution is 2.26. The molecular formula is C21H19ClN2O4. The Labute approximate surface area is 167 Å². The number of aryl methyl sites for hydroxylation is 2. The second-order valence-corrected chi connectivity index (χ2v) is 6.60. The molecule has 0 saturated carbocycles. The third-order valence-corrected chi connectivity index (χ3v) is 4.53. The van der Waals surface area contributed by atoms with Gasteiger partial charge in [0, 0.05) is 16.4 Å². The Morgan fingerprint density at radius 2 is 1.68 bits per heavy atom. The Hall–Kier alpha value is -3.25. The minimum absolute atomic E-state index is 0.149. The van der Waals surface area contributed by atoms with Gasteiger partial charge in [0.05, 0.1) is 6.26 Å².